The van der Waals surface area contributed by atoms with E-state index in [-0.39, 0.29) is 36.8 Å². The zero-order chi connectivity index (χ0) is 15.1. The van der Waals surface area contributed by atoms with E-state index >= 15 is 0 Å². The average molecular weight is 289 g/mol. The molecular weight excluding hydrogens is 266 g/mol. The fraction of sp³-hybridized carbons (Fsp3) is 0.692. The standard InChI is InChI=1S/C13H23NO4S/c1-10(2)9-12(15)5-6-13(16)14-7-8-19(17,18)11(3)4/h9,11H,5-8H2,1-4H3,(H,14,16). The van der Waals surface area contributed by atoms with Gasteiger partial charge in [0.2, 0.25) is 5.91 Å². The maximum Gasteiger partial charge on any atom is 0.220 e. The molecule has 0 radical (unpaired) electrons. The molecule has 0 aromatic carbocycles. The molecular formula is C13H23NO4S. The molecule has 0 aromatic rings. The van der Waals surface area contributed by atoms with Crippen molar-refractivity contribution in [2.75, 3.05) is 12.3 Å². The highest BCUT2D eigenvalue weighted by Gasteiger charge is 2.15. The zero-order valence-electron chi connectivity index (χ0n) is 12.0. The van der Waals surface area contributed by atoms with Crippen molar-refractivity contribution < 1.29 is 18.0 Å². The quantitative estimate of drug-likeness (QED) is 0.682. The Morgan fingerprint density at radius 2 is 1.74 bits per heavy atom. The van der Waals surface area contributed by atoms with Crippen molar-refractivity contribution in [3.8, 4) is 0 Å². The fourth-order valence-corrected chi connectivity index (χ4v) is 2.15. The molecule has 0 aliphatic carbocycles. The van der Waals surface area contributed by atoms with Gasteiger partial charge in [-0.25, -0.2) is 8.42 Å². The SMILES string of the molecule is CC(C)=CC(=O)CCC(=O)NCCS(=O)(=O)C(C)C. The molecule has 1 amide bonds. The molecule has 0 aromatic heterocycles. The Bertz CT molecular complexity index is 445. The van der Waals surface area contributed by atoms with E-state index < -0.39 is 15.1 Å². The van der Waals surface area contributed by atoms with Gasteiger partial charge in [0.25, 0.3) is 0 Å². The van der Waals surface area contributed by atoms with Crippen molar-refractivity contribution >= 4 is 21.5 Å². The van der Waals surface area contributed by atoms with Gasteiger partial charge in [-0.15, -0.1) is 0 Å². The molecule has 0 fully saturated rings. The summed E-state index contributed by atoms with van der Waals surface area (Å²) in [6.07, 6.45) is 1.73. The Labute approximate surface area is 115 Å². The lowest BCUT2D eigenvalue weighted by atomic mass is 10.1. The summed E-state index contributed by atoms with van der Waals surface area (Å²) in [5, 5.41) is 2.07. The van der Waals surface area contributed by atoms with E-state index in [4.69, 9.17) is 0 Å². The Morgan fingerprint density at radius 1 is 1.16 bits per heavy atom. The number of ketones is 1. The summed E-state index contributed by atoms with van der Waals surface area (Å²) in [6, 6.07) is 0. The monoisotopic (exact) mass is 289 g/mol. The van der Waals surface area contributed by atoms with Crippen LogP contribution in [0.25, 0.3) is 0 Å². The number of carbonyl (C=O) groups is 2. The Balaban J connectivity index is 3.96. The zero-order valence-corrected chi connectivity index (χ0v) is 12.8. The topological polar surface area (TPSA) is 80.3 Å². The van der Waals surface area contributed by atoms with Crippen molar-refractivity contribution in [3.05, 3.63) is 11.6 Å². The van der Waals surface area contributed by atoms with E-state index in [0.717, 1.165) is 5.57 Å². The van der Waals surface area contributed by atoms with Crippen LogP contribution in [0.5, 0.6) is 0 Å². The van der Waals surface area contributed by atoms with Crippen LogP contribution in [0.3, 0.4) is 0 Å². The largest absolute Gasteiger partial charge is 0.355 e. The number of rotatable bonds is 8. The van der Waals surface area contributed by atoms with E-state index in [0.29, 0.717) is 0 Å². The minimum Gasteiger partial charge on any atom is -0.355 e. The van der Waals surface area contributed by atoms with Crippen molar-refractivity contribution in [1.82, 2.24) is 5.32 Å². The molecule has 0 bridgehead atoms. The third kappa shape index (κ3) is 8.53. The first kappa shape index (κ1) is 17.8. The maximum absolute atomic E-state index is 11.5. The molecule has 5 nitrogen and oxygen atoms in total. The Hall–Kier alpha value is -1.17. The second kappa shape index (κ2) is 8.09. The van der Waals surface area contributed by atoms with Gasteiger partial charge in [0.15, 0.2) is 15.6 Å². The highest BCUT2D eigenvalue weighted by Crippen LogP contribution is 2.00. The molecule has 0 aliphatic heterocycles. The van der Waals surface area contributed by atoms with Crippen molar-refractivity contribution in [2.24, 2.45) is 0 Å². The first-order valence-electron chi connectivity index (χ1n) is 6.31. The van der Waals surface area contributed by atoms with Gasteiger partial charge in [0.05, 0.1) is 11.0 Å². The summed E-state index contributed by atoms with van der Waals surface area (Å²) < 4.78 is 23.0. The van der Waals surface area contributed by atoms with Crippen LogP contribution in [0.1, 0.15) is 40.5 Å². The molecule has 6 heteroatoms. The van der Waals surface area contributed by atoms with Crippen LogP contribution in [0, 0.1) is 0 Å². The second-order valence-electron chi connectivity index (χ2n) is 4.95. The summed E-state index contributed by atoms with van der Waals surface area (Å²) in [4.78, 5) is 22.7. The summed E-state index contributed by atoms with van der Waals surface area (Å²) in [5.41, 5.74) is 0.897. The van der Waals surface area contributed by atoms with Crippen molar-refractivity contribution in [1.29, 1.82) is 0 Å². The molecule has 1 N–H and O–H groups in total. The number of hydrogen-bond donors (Lipinski definition) is 1. The molecule has 0 spiro atoms. The summed E-state index contributed by atoms with van der Waals surface area (Å²) in [5.74, 6) is -0.461. The third-order valence-corrected chi connectivity index (χ3v) is 4.68. The molecule has 0 saturated carbocycles. The number of hydrogen-bond acceptors (Lipinski definition) is 4. The summed E-state index contributed by atoms with van der Waals surface area (Å²) >= 11 is 0. The molecule has 0 rings (SSSR count). The molecule has 0 aliphatic rings. The molecule has 19 heavy (non-hydrogen) atoms. The highest BCUT2D eigenvalue weighted by molar-refractivity contribution is 7.92. The van der Waals surface area contributed by atoms with Crippen LogP contribution in [0.2, 0.25) is 0 Å². The van der Waals surface area contributed by atoms with Crippen LogP contribution < -0.4 is 5.32 Å². The number of sulfone groups is 1. The van der Waals surface area contributed by atoms with Crippen LogP contribution in [0.15, 0.2) is 11.6 Å². The van der Waals surface area contributed by atoms with Gasteiger partial charge in [-0.3, -0.25) is 9.59 Å². The number of allylic oxidation sites excluding steroid dienone is 2. The van der Waals surface area contributed by atoms with Gasteiger partial charge >= 0.3 is 0 Å². The number of amides is 1. The second-order valence-corrected chi connectivity index (χ2v) is 7.63. The van der Waals surface area contributed by atoms with E-state index in [2.05, 4.69) is 5.32 Å². The highest BCUT2D eigenvalue weighted by atomic mass is 32.2. The van der Waals surface area contributed by atoms with Crippen molar-refractivity contribution in [2.45, 2.75) is 45.8 Å². The fourth-order valence-electron chi connectivity index (χ4n) is 1.29. The van der Waals surface area contributed by atoms with Crippen LogP contribution in [-0.4, -0.2) is 37.7 Å². The lowest BCUT2D eigenvalue weighted by Crippen LogP contribution is -2.31. The first-order chi connectivity index (χ1) is 8.65. The number of carbonyl (C=O) groups excluding carboxylic acids is 2. The van der Waals surface area contributed by atoms with E-state index in [1.807, 2.05) is 13.8 Å². The van der Waals surface area contributed by atoms with Gasteiger partial charge in [-0.05, 0) is 33.8 Å². The number of nitrogens with one attached hydrogen (secondary N) is 1. The molecule has 0 unspecified atom stereocenters. The van der Waals surface area contributed by atoms with Gasteiger partial charge in [0.1, 0.15) is 0 Å². The van der Waals surface area contributed by atoms with Gasteiger partial charge in [-0.1, -0.05) is 5.57 Å². The molecule has 110 valence electrons. The maximum atomic E-state index is 11.5. The summed E-state index contributed by atoms with van der Waals surface area (Å²) in [7, 11) is -3.13. The van der Waals surface area contributed by atoms with E-state index in [9.17, 15) is 18.0 Å². The molecule has 0 saturated heterocycles. The smallest absolute Gasteiger partial charge is 0.220 e. The minimum absolute atomic E-state index is 0.0711. The van der Waals surface area contributed by atoms with Gasteiger partial charge < -0.3 is 5.32 Å². The van der Waals surface area contributed by atoms with E-state index in [1.165, 1.54) is 6.08 Å². The molecule has 0 heterocycles. The Kier molecular flexibility index (Phi) is 7.59. The summed E-state index contributed by atoms with van der Waals surface area (Å²) in [6.45, 7) is 6.93. The van der Waals surface area contributed by atoms with Crippen LogP contribution >= 0.6 is 0 Å². The predicted octanol–water partition coefficient (Wildman–Crippen LogP) is 1.24. The lowest BCUT2D eigenvalue weighted by molar-refractivity contribution is -0.123. The van der Waals surface area contributed by atoms with Crippen molar-refractivity contribution in [3.63, 3.8) is 0 Å². The van der Waals surface area contributed by atoms with Crippen LogP contribution in [-0.2, 0) is 19.4 Å². The normalized spacial score (nSPS) is 11.2. The van der Waals surface area contributed by atoms with Gasteiger partial charge in [-0.2, -0.15) is 0 Å². The predicted molar refractivity (Wildman–Crippen MR) is 75.6 cm³/mol. The third-order valence-electron chi connectivity index (χ3n) is 2.48. The van der Waals surface area contributed by atoms with Gasteiger partial charge in [0, 0.05) is 19.4 Å². The van der Waals surface area contributed by atoms with E-state index in [1.54, 1.807) is 13.8 Å². The minimum atomic E-state index is -3.13. The average Bonchev–Trinajstić information content (AvgIpc) is 2.25. The molecule has 0 atom stereocenters. The Morgan fingerprint density at radius 3 is 2.21 bits per heavy atom. The first-order valence-corrected chi connectivity index (χ1v) is 8.02. The van der Waals surface area contributed by atoms with Crippen LogP contribution in [0.4, 0.5) is 0 Å². The lowest BCUT2D eigenvalue weighted by Gasteiger charge is -2.08.